The Hall–Kier alpha value is -2.01. The van der Waals surface area contributed by atoms with Crippen molar-refractivity contribution < 1.29 is 9.90 Å². The van der Waals surface area contributed by atoms with Crippen LogP contribution in [0.15, 0.2) is 24.3 Å². The fraction of sp³-hybridized carbons (Fsp3) is 0.471. The molecule has 0 aliphatic carbocycles. The van der Waals surface area contributed by atoms with Gasteiger partial charge >= 0.3 is 6.03 Å². The highest BCUT2D eigenvalue weighted by atomic mass is 16.3. The molecule has 2 unspecified atom stereocenters. The Morgan fingerprint density at radius 2 is 2.27 bits per heavy atom. The molecule has 2 amide bonds. The Morgan fingerprint density at radius 3 is 3.05 bits per heavy atom. The fourth-order valence-electron chi connectivity index (χ4n) is 3.33. The third-order valence-corrected chi connectivity index (χ3v) is 4.57. The summed E-state index contributed by atoms with van der Waals surface area (Å²) in [4.78, 5) is 17.6. The number of urea groups is 1. The zero-order chi connectivity index (χ0) is 15.7. The summed E-state index contributed by atoms with van der Waals surface area (Å²) in [5.41, 5.74) is 2.95. The van der Waals surface area contributed by atoms with Crippen LogP contribution in [0.3, 0.4) is 0 Å². The Kier molecular flexibility index (Phi) is 4.07. The van der Waals surface area contributed by atoms with Crippen LogP contribution in [0.2, 0.25) is 0 Å². The summed E-state index contributed by atoms with van der Waals surface area (Å²) in [6.07, 6.45) is 2.05. The van der Waals surface area contributed by atoms with Gasteiger partial charge in [0.1, 0.15) is 0 Å². The van der Waals surface area contributed by atoms with E-state index in [1.54, 1.807) is 4.90 Å². The second-order valence-electron chi connectivity index (χ2n) is 6.25. The van der Waals surface area contributed by atoms with Crippen molar-refractivity contribution in [1.29, 1.82) is 0 Å². The van der Waals surface area contributed by atoms with E-state index in [4.69, 9.17) is 0 Å². The van der Waals surface area contributed by atoms with Crippen molar-refractivity contribution in [3.05, 3.63) is 30.0 Å². The van der Waals surface area contributed by atoms with Crippen molar-refractivity contribution in [2.45, 2.75) is 32.7 Å². The number of aromatic amines is 1. The number of aryl methyl sites for hydroxylation is 1. The summed E-state index contributed by atoms with van der Waals surface area (Å²) < 4.78 is 0. The number of fused-ring (bicyclic) bond motifs is 1. The number of amides is 2. The predicted octanol–water partition coefficient (Wildman–Crippen LogP) is 3.10. The van der Waals surface area contributed by atoms with Crippen molar-refractivity contribution in [2.75, 3.05) is 18.5 Å². The molecule has 1 fully saturated rings. The smallest absolute Gasteiger partial charge is 0.322 e. The third kappa shape index (κ3) is 2.81. The maximum absolute atomic E-state index is 12.5. The zero-order valence-electron chi connectivity index (χ0n) is 13.1. The van der Waals surface area contributed by atoms with Crippen molar-refractivity contribution >= 4 is 22.6 Å². The van der Waals surface area contributed by atoms with Gasteiger partial charge in [0.15, 0.2) is 0 Å². The lowest BCUT2D eigenvalue weighted by Gasteiger charge is -2.38. The predicted molar refractivity (Wildman–Crippen MR) is 88.0 cm³/mol. The first kappa shape index (κ1) is 14.9. The molecule has 3 N–H and O–H groups in total. The van der Waals surface area contributed by atoms with E-state index in [1.807, 2.05) is 25.1 Å². The number of aromatic nitrogens is 1. The van der Waals surface area contributed by atoms with Crippen LogP contribution in [-0.4, -0.2) is 40.2 Å². The van der Waals surface area contributed by atoms with Crippen molar-refractivity contribution in [3.8, 4) is 0 Å². The van der Waals surface area contributed by atoms with Crippen LogP contribution in [0.25, 0.3) is 10.9 Å². The number of nitrogens with zero attached hydrogens (tertiary/aromatic N) is 1. The summed E-state index contributed by atoms with van der Waals surface area (Å²) in [5.74, 6) is 0.333. The molecule has 0 saturated carbocycles. The molecule has 2 heterocycles. The lowest BCUT2D eigenvalue weighted by Crippen LogP contribution is -2.51. The van der Waals surface area contributed by atoms with E-state index in [0.717, 1.165) is 35.1 Å². The van der Waals surface area contributed by atoms with Crippen LogP contribution in [0, 0.1) is 12.8 Å². The molecule has 1 saturated heterocycles. The molecule has 2 atom stereocenters. The van der Waals surface area contributed by atoms with Crippen LogP contribution in [-0.2, 0) is 0 Å². The Labute approximate surface area is 130 Å². The highest BCUT2D eigenvalue weighted by Crippen LogP contribution is 2.25. The number of carbonyl (C=O) groups is 1. The second-order valence-corrected chi connectivity index (χ2v) is 6.25. The molecule has 0 spiro atoms. The van der Waals surface area contributed by atoms with Gasteiger partial charge in [0.05, 0.1) is 12.6 Å². The van der Waals surface area contributed by atoms with E-state index >= 15 is 0 Å². The van der Waals surface area contributed by atoms with Crippen LogP contribution in [0.5, 0.6) is 0 Å². The third-order valence-electron chi connectivity index (χ3n) is 4.57. The molecule has 3 rings (SSSR count). The standard InChI is InChI=1S/C17H23N3O2/c1-11-4-3-7-20(16(11)10-21)17(22)19-14-5-6-15-13(9-14)8-12(2)18-15/h5-6,8-9,11,16,18,21H,3-4,7,10H2,1-2H3,(H,19,22). The topological polar surface area (TPSA) is 68.4 Å². The molecular weight excluding hydrogens is 278 g/mol. The quantitative estimate of drug-likeness (QED) is 0.798. The largest absolute Gasteiger partial charge is 0.394 e. The zero-order valence-corrected chi connectivity index (χ0v) is 13.1. The SMILES string of the molecule is Cc1cc2cc(NC(=O)N3CCCC(C)C3CO)ccc2[nH]1. The maximum atomic E-state index is 12.5. The molecule has 0 radical (unpaired) electrons. The number of benzene rings is 1. The first-order valence-electron chi connectivity index (χ1n) is 7.86. The molecular formula is C17H23N3O2. The Balaban J connectivity index is 1.76. The fourth-order valence-corrected chi connectivity index (χ4v) is 3.33. The van der Waals surface area contributed by atoms with Gasteiger partial charge in [-0.3, -0.25) is 0 Å². The molecule has 1 aromatic heterocycles. The van der Waals surface area contributed by atoms with E-state index in [1.165, 1.54) is 0 Å². The number of aliphatic hydroxyl groups excluding tert-OH is 1. The minimum Gasteiger partial charge on any atom is -0.394 e. The summed E-state index contributed by atoms with van der Waals surface area (Å²) in [7, 11) is 0. The van der Waals surface area contributed by atoms with Crippen LogP contribution >= 0.6 is 0 Å². The lowest BCUT2D eigenvalue weighted by molar-refractivity contribution is 0.0811. The number of nitrogens with one attached hydrogen (secondary N) is 2. The van der Waals surface area contributed by atoms with Gasteiger partial charge in [-0.25, -0.2) is 4.79 Å². The number of anilines is 1. The summed E-state index contributed by atoms with van der Waals surface area (Å²) in [6.45, 7) is 4.83. The summed E-state index contributed by atoms with van der Waals surface area (Å²) >= 11 is 0. The number of rotatable bonds is 2. The molecule has 1 aliphatic rings. The maximum Gasteiger partial charge on any atom is 0.322 e. The molecule has 1 aromatic carbocycles. The minimum absolute atomic E-state index is 0.0185. The Morgan fingerprint density at radius 1 is 1.45 bits per heavy atom. The van der Waals surface area contributed by atoms with Crippen LogP contribution < -0.4 is 5.32 Å². The van der Waals surface area contributed by atoms with E-state index in [9.17, 15) is 9.90 Å². The van der Waals surface area contributed by atoms with Gasteiger partial charge in [0.25, 0.3) is 0 Å². The highest BCUT2D eigenvalue weighted by molar-refractivity contribution is 5.93. The number of hydrogen-bond donors (Lipinski definition) is 3. The normalized spacial score (nSPS) is 22.0. The molecule has 5 nitrogen and oxygen atoms in total. The van der Waals surface area contributed by atoms with E-state index < -0.39 is 0 Å². The van der Waals surface area contributed by atoms with Gasteiger partial charge in [0.2, 0.25) is 0 Å². The number of H-pyrrole nitrogens is 1. The average Bonchev–Trinajstić information content (AvgIpc) is 2.86. The van der Waals surface area contributed by atoms with Gasteiger partial charge in [-0.15, -0.1) is 0 Å². The minimum atomic E-state index is -0.128. The van der Waals surface area contributed by atoms with Crippen LogP contribution in [0.1, 0.15) is 25.5 Å². The number of piperidine rings is 1. The molecule has 118 valence electrons. The van der Waals surface area contributed by atoms with Crippen molar-refractivity contribution in [1.82, 2.24) is 9.88 Å². The second kappa shape index (κ2) is 6.01. The molecule has 5 heteroatoms. The van der Waals surface area contributed by atoms with Gasteiger partial charge in [-0.2, -0.15) is 0 Å². The van der Waals surface area contributed by atoms with Crippen molar-refractivity contribution in [3.63, 3.8) is 0 Å². The molecule has 1 aliphatic heterocycles. The molecule has 22 heavy (non-hydrogen) atoms. The number of likely N-dealkylation sites (tertiary alicyclic amines) is 1. The first-order chi connectivity index (χ1) is 10.6. The lowest BCUT2D eigenvalue weighted by atomic mass is 9.91. The number of hydrogen-bond acceptors (Lipinski definition) is 2. The molecule has 0 bridgehead atoms. The van der Waals surface area contributed by atoms with Crippen molar-refractivity contribution in [2.24, 2.45) is 5.92 Å². The van der Waals surface area contributed by atoms with E-state index in [2.05, 4.69) is 23.3 Å². The van der Waals surface area contributed by atoms with Gasteiger partial charge in [-0.1, -0.05) is 6.92 Å². The number of aliphatic hydroxyl groups is 1. The summed E-state index contributed by atoms with van der Waals surface area (Å²) in [5, 5.41) is 13.6. The monoisotopic (exact) mass is 301 g/mol. The van der Waals surface area contributed by atoms with E-state index in [0.29, 0.717) is 12.5 Å². The number of carbonyl (C=O) groups excluding carboxylic acids is 1. The first-order valence-corrected chi connectivity index (χ1v) is 7.86. The van der Waals surface area contributed by atoms with Crippen LogP contribution in [0.4, 0.5) is 10.5 Å². The van der Waals surface area contributed by atoms with Gasteiger partial charge in [-0.05, 0) is 49.9 Å². The average molecular weight is 301 g/mol. The van der Waals surface area contributed by atoms with Gasteiger partial charge in [0, 0.05) is 28.8 Å². The molecule has 2 aromatic rings. The summed E-state index contributed by atoms with van der Waals surface area (Å²) in [6, 6.07) is 7.68. The Bertz CT molecular complexity index is 680. The van der Waals surface area contributed by atoms with E-state index in [-0.39, 0.29) is 18.7 Å². The highest BCUT2D eigenvalue weighted by Gasteiger charge is 2.31. The van der Waals surface area contributed by atoms with Gasteiger partial charge < -0.3 is 20.3 Å².